The summed E-state index contributed by atoms with van der Waals surface area (Å²) < 4.78 is 1.72. The number of nitrogens with one attached hydrogen (secondary N) is 1. The summed E-state index contributed by atoms with van der Waals surface area (Å²) >= 11 is 0. The van der Waals surface area contributed by atoms with Crippen molar-refractivity contribution in [2.75, 3.05) is 5.32 Å². The minimum absolute atomic E-state index is 0.00615. The number of nitrogens with zero attached hydrogens (tertiary/aromatic N) is 4. The molecule has 7 nitrogen and oxygen atoms in total. The molecule has 4 aromatic rings. The van der Waals surface area contributed by atoms with Gasteiger partial charge in [-0.25, -0.2) is 9.97 Å². The van der Waals surface area contributed by atoms with Crippen LogP contribution in [0, 0.1) is 0 Å². The third-order valence-corrected chi connectivity index (χ3v) is 4.60. The summed E-state index contributed by atoms with van der Waals surface area (Å²) in [7, 11) is 0. The number of rotatable bonds is 5. The van der Waals surface area contributed by atoms with Crippen molar-refractivity contribution in [1.82, 2.24) is 19.5 Å². The van der Waals surface area contributed by atoms with Gasteiger partial charge < -0.3 is 4.57 Å². The number of fused-ring (bicyclic) bond motifs is 1. The fraction of sp³-hybridized carbons (Fsp3) is 0.136. The average Bonchev–Trinajstić information content (AvgIpc) is 2.77. The SMILES string of the molecule is CCCn1ccc2ccc(-c3cnc(NC(=O)c4ccncc4)nc3)cc2c1=O. The van der Waals surface area contributed by atoms with E-state index in [4.69, 9.17) is 0 Å². The van der Waals surface area contributed by atoms with Crippen molar-refractivity contribution in [3.63, 3.8) is 0 Å². The molecule has 1 N–H and O–H groups in total. The van der Waals surface area contributed by atoms with E-state index in [0.717, 1.165) is 22.9 Å². The highest BCUT2D eigenvalue weighted by atomic mass is 16.1. The molecule has 0 spiro atoms. The molecule has 1 aromatic carbocycles. The van der Waals surface area contributed by atoms with Crippen molar-refractivity contribution < 1.29 is 4.79 Å². The van der Waals surface area contributed by atoms with Gasteiger partial charge in [0.25, 0.3) is 11.5 Å². The summed E-state index contributed by atoms with van der Waals surface area (Å²) in [6.07, 6.45) is 9.08. The number of hydrogen-bond donors (Lipinski definition) is 1. The molecule has 4 rings (SSSR count). The summed E-state index contributed by atoms with van der Waals surface area (Å²) in [5.41, 5.74) is 2.08. The molecular weight excluding hydrogens is 366 g/mol. The number of hydrogen-bond acceptors (Lipinski definition) is 5. The molecule has 144 valence electrons. The van der Waals surface area contributed by atoms with Gasteiger partial charge in [0.05, 0.1) is 0 Å². The smallest absolute Gasteiger partial charge is 0.258 e. The molecule has 0 aliphatic rings. The summed E-state index contributed by atoms with van der Waals surface area (Å²) in [5.74, 6) is -0.0935. The van der Waals surface area contributed by atoms with Crippen molar-refractivity contribution in [2.24, 2.45) is 0 Å². The van der Waals surface area contributed by atoms with Crippen molar-refractivity contribution in [3.8, 4) is 11.1 Å². The summed E-state index contributed by atoms with van der Waals surface area (Å²) in [6, 6.07) is 10.9. The van der Waals surface area contributed by atoms with E-state index in [-0.39, 0.29) is 17.4 Å². The second kappa shape index (κ2) is 8.02. The zero-order chi connectivity index (χ0) is 20.2. The quantitative estimate of drug-likeness (QED) is 0.568. The van der Waals surface area contributed by atoms with Crippen LogP contribution in [0.3, 0.4) is 0 Å². The second-order valence-corrected chi connectivity index (χ2v) is 6.60. The van der Waals surface area contributed by atoms with Crippen LogP contribution in [0.2, 0.25) is 0 Å². The van der Waals surface area contributed by atoms with E-state index in [9.17, 15) is 9.59 Å². The number of carbonyl (C=O) groups excluding carboxylic acids is 1. The van der Waals surface area contributed by atoms with Gasteiger partial charge in [0.1, 0.15) is 0 Å². The molecule has 0 radical (unpaired) electrons. The highest BCUT2D eigenvalue weighted by Crippen LogP contribution is 2.22. The van der Waals surface area contributed by atoms with Gasteiger partial charge in [0.15, 0.2) is 0 Å². The number of amides is 1. The van der Waals surface area contributed by atoms with E-state index in [2.05, 4.69) is 20.3 Å². The molecule has 0 saturated heterocycles. The maximum absolute atomic E-state index is 12.7. The summed E-state index contributed by atoms with van der Waals surface area (Å²) in [5, 5.41) is 4.21. The van der Waals surface area contributed by atoms with Crippen LogP contribution >= 0.6 is 0 Å². The van der Waals surface area contributed by atoms with E-state index in [0.29, 0.717) is 17.5 Å². The predicted molar refractivity (Wildman–Crippen MR) is 112 cm³/mol. The van der Waals surface area contributed by atoms with Crippen LogP contribution in [0.25, 0.3) is 21.9 Å². The first-order valence-electron chi connectivity index (χ1n) is 9.32. The summed E-state index contributed by atoms with van der Waals surface area (Å²) in [4.78, 5) is 37.2. The lowest BCUT2D eigenvalue weighted by Crippen LogP contribution is -2.19. The molecule has 1 amide bonds. The Morgan fingerprint density at radius 3 is 2.52 bits per heavy atom. The molecule has 0 atom stereocenters. The highest BCUT2D eigenvalue weighted by Gasteiger charge is 2.09. The Bertz CT molecular complexity index is 1220. The van der Waals surface area contributed by atoms with Gasteiger partial charge in [-0.2, -0.15) is 0 Å². The zero-order valence-electron chi connectivity index (χ0n) is 15.9. The number of pyridine rings is 2. The van der Waals surface area contributed by atoms with E-state index < -0.39 is 0 Å². The minimum Gasteiger partial charge on any atom is -0.315 e. The summed E-state index contributed by atoms with van der Waals surface area (Å²) in [6.45, 7) is 2.73. The molecule has 0 bridgehead atoms. The fourth-order valence-corrected chi connectivity index (χ4v) is 3.09. The first kappa shape index (κ1) is 18.5. The van der Waals surface area contributed by atoms with Gasteiger partial charge in [0.2, 0.25) is 5.95 Å². The molecule has 7 heteroatoms. The second-order valence-electron chi connectivity index (χ2n) is 6.60. The predicted octanol–water partition coefficient (Wildman–Crippen LogP) is 3.52. The first-order chi connectivity index (χ1) is 14.2. The van der Waals surface area contributed by atoms with Crippen molar-refractivity contribution >= 4 is 22.6 Å². The van der Waals surface area contributed by atoms with Crippen LogP contribution < -0.4 is 10.9 Å². The van der Waals surface area contributed by atoms with Crippen LogP contribution in [-0.2, 0) is 6.54 Å². The van der Waals surface area contributed by atoms with E-state index in [1.165, 1.54) is 0 Å². The number of carbonyl (C=O) groups is 1. The Kier molecular flexibility index (Phi) is 5.11. The molecule has 29 heavy (non-hydrogen) atoms. The van der Waals surface area contributed by atoms with Gasteiger partial charge in [-0.1, -0.05) is 19.1 Å². The van der Waals surface area contributed by atoms with Gasteiger partial charge in [-0.15, -0.1) is 0 Å². The van der Waals surface area contributed by atoms with Gasteiger partial charge in [0, 0.05) is 54.0 Å². The third kappa shape index (κ3) is 3.89. The number of benzene rings is 1. The Morgan fingerprint density at radius 2 is 1.79 bits per heavy atom. The molecule has 0 unspecified atom stereocenters. The van der Waals surface area contributed by atoms with Gasteiger partial charge >= 0.3 is 0 Å². The number of anilines is 1. The van der Waals surface area contributed by atoms with Crippen LogP contribution in [0.5, 0.6) is 0 Å². The van der Waals surface area contributed by atoms with Crippen molar-refractivity contribution in [3.05, 3.63) is 83.3 Å². The third-order valence-electron chi connectivity index (χ3n) is 4.60. The molecule has 3 aromatic heterocycles. The van der Waals surface area contributed by atoms with E-state index in [1.54, 1.807) is 41.5 Å². The van der Waals surface area contributed by atoms with Crippen LogP contribution in [0.1, 0.15) is 23.7 Å². The molecule has 3 heterocycles. The number of aryl methyl sites for hydroxylation is 1. The maximum atomic E-state index is 12.7. The lowest BCUT2D eigenvalue weighted by Gasteiger charge is -2.08. The highest BCUT2D eigenvalue weighted by molar-refractivity contribution is 6.03. The van der Waals surface area contributed by atoms with Crippen molar-refractivity contribution in [1.29, 1.82) is 0 Å². The van der Waals surface area contributed by atoms with Crippen LogP contribution in [0.4, 0.5) is 5.95 Å². The monoisotopic (exact) mass is 385 g/mol. The zero-order valence-corrected chi connectivity index (χ0v) is 15.9. The Balaban J connectivity index is 1.60. The van der Waals surface area contributed by atoms with Gasteiger partial charge in [-0.3, -0.25) is 19.9 Å². The van der Waals surface area contributed by atoms with Crippen LogP contribution in [0.15, 0.2) is 72.2 Å². The fourth-order valence-electron chi connectivity index (χ4n) is 3.09. The molecule has 0 fully saturated rings. The molecular formula is C22H19N5O2. The maximum Gasteiger partial charge on any atom is 0.258 e. The topological polar surface area (TPSA) is 89.8 Å². The Hall–Kier alpha value is -3.87. The molecule has 0 aliphatic carbocycles. The Labute approximate surface area is 167 Å². The van der Waals surface area contributed by atoms with Gasteiger partial charge in [-0.05, 0) is 41.6 Å². The van der Waals surface area contributed by atoms with E-state index >= 15 is 0 Å². The van der Waals surface area contributed by atoms with Crippen molar-refractivity contribution in [2.45, 2.75) is 19.9 Å². The van der Waals surface area contributed by atoms with E-state index in [1.807, 2.05) is 37.4 Å². The largest absolute Gasteiger partial charge is 0.315 e. The van der Waals surface area contributed by atoms with Crippen LogP contribution in [-0.4, -0.2) is 25.4 Å². The first-order valence-corrected chi connectivity index (χ1v) is 9.32. The Morgan fingerprint density at radius 1 is 1.03 bits per heavy atom. The average molecular weight is 385 g/mol. The lowest BCUT2D eigenvalue weighted by molar-refractivity contribution is 0.102. The lowest BCUT2D eigenvalue weighted by atomic mass is 10.0. The number of aromatic nitrogens is 4. The normalized spacial score (nSPS) is 10.8. The minimum atomic E-state index is -0.303. The molecule has 0 saturated carbocycles. The standard InChI is InChI=1S/C22H19N5O2/c1-2-10-27-11-7-15-3-4-17(12-19(15)21(27)29)18-13-24-22(25-14-18)26-20(28)16-5-8-23-9-6-16/h3-9,11-14H,2,10H2,1H3,(H,24,25,26,28). The molecule has 0 aliphatic heterocycles.